The van der Waals surface area contributed by atoms with Gasteiger partial charge in [-0.15, -0.1) is 0 Å². The van der Waals surface area contributed by atoms with Gasteiger partial charge in [0.15, 0.2) is 0 Å². The standard InChI is InChI=1S/C15H22ClN3S/c1-10(2)19-6-5-11(9-19)8-18-14-4-3-12(16)7-13(14)15(17)20/h3-4,7,10-11,18H,5-6,8-9H2,1-2H3,(H2,17,20). The molecule has 1 aliphatic rings. The van der Waals surface area contributed by atoms with Crippen LogP contribution in [0.25, 0.3) is 0 Å². The zero-order chi connectivity index (χ0) is 14.7. The summed E-state index contributed by atoms with van der Waals surface area (Å²) in [5.74, 6) is 0.673. The smallest absolute Gasteiger partial charge is 0.106 e. The minimum atomic E-state index is 0.380. The first kappa shape index (κ1) is 15.5. The Balaban J connectivity index is 1.96. The fourth-order valence-electron chi connectivity index (χ4n) is 2.63. The third kappa shape index (κ3) is 3.84. The number of halogens is 1. The molecule has 110 valence electrons. The van der Waals surface area contributed by atoms with E-state index in [1.165, 1.54) is 13.0 Å². The van der Waals surface area contributed by atoms with E-state index in [2.05, 4.69) is 24.1 Å². The Labute approximate surface area is 131 Å². The van der Waals surface area contributed by atoms with Crippen molar-refractivity contribution in [2.45, 2.75) is 26.3 Å². The molecule has 1 unspecified atom stereocenters. The maximum absolute atomic E-state index is 5.99. The number of nitrogens with one attached hydrogen (secondary N) is 1. The van der Waals surface area contributed by atoms with Crippen molar-refractivity contribution in [2.24, 2.45) is 11.7 Å². The lowest BCUT2D eigenvalue weighted by atomic mass is 10.1. The third-order valence-corrected chi connectivity index (χ3v) is 4.33. The highest BCUT2D eigenvalue weighted by molar-refractivity contribution is 7.80. The molecule has 0 radical (unpaired) electrons. The summed E-state index contributed by atoms with van der Waals surface area (Å²) < 4.78 is 0. The number of benzene rings is 1. The van der Waals surface area contributed by atoms with E-state index in [0.29, 0.717) is 22.0 Å². The van der Waals surface area contributed by atoms with Crippen LogP contribution in [0.5, 0.6) is 0 Å². The first-order valence-electron chi connectivity index (χ1n) is 7.04. The first-order valence-corrected chi connectivity index (χ1v) is 7.83. The molecule has 1 saturated heterocycles. The molecule has 2 rings (SSSR count). The molecule has 0 amide bonds. The van der Waals surface area contributed by atoms with Crippen LogP contribution in [0.1, 0.15) is 25.8 Å². The first-order chi connectivity index (χ1) is 9.47. The molecule has 3 nitrogen and oxygen atoms in total. The quantitative estimate of drug-likeness (QED) is 0.820. The van der Waals surface area contributed by atoms with Crippen molar-refractivity contribution >= 4 is 34.5 Å². The molecule has 0 bridgehead atoms. The van der Waals surface area contributed by atoms with Gasteiger partial charge in [-0.05, 0) is 50.9 Å². The number of hydrogen-bond donors (Lipinski definition) is 2. The highest BCUT2D eigenvalue weighted by Gasteiger charge is 2.24. The van der Waals surface area contributed by atoms with E-state index in [0.717, 1.165) is 24.3 Å². The average Bonchev–Trinajstić information content (AvgIpc) is 2.86. The van der Waals surface area contributed by atoms with Gasteiger partial charge in [0.25, 0.3) is 0 Å². The monoisotopic (exact) mass is 311 g/mol. The van der Waals surface area contributed by atoms with Crippen LogP contribution in [0.4, 0.5) is 5.69 Å². The second-order valence-corrected chi connectivity index (χ2v) is 6.55. The Morgan fingerprint density at radius 1 is 1.55 bits per heavy atom. The number of hydrogen-bond acceptors (Lipinski definition) is 3. The number of anilines is 1. The molecule has 1 heterocycles. The predicted molar refractivity (Wildman–Crippen MR) is 90.6 cm³/mol. The van der Waals surface area contributed by atoms with Crippen molar-refractivity contribution in [3.63, 3.8) is 0 Å². The number of rotatable bonds is 5. The van der Waals surface area contributed by atoms with E-state index in [1.807, 2.05) is 18.2 Å². The predicted octanol–water partition coefficient (Wildman–Crippen LogP) is 3.12. The van der Waals surface area contributed by atoms with E-state index in [4.69, 9.17) is 29.6 Å². The normalized spacial score (nSPS) is 19.5. The van der Waals surface area contributed by atoms with E-state index < -0.39 is 0 Å². The fourth-order valence-corrected chi connectivity index (χ4v) is 2.97. The zero-order valence-corrected chi connectivity index (χ0v) is 13.6. The van der Waals surface area contributed by atoms with Gasteiger partial charge >= 0.3 is 0 Å². The molecule has 1 fully saturated rings. The molecule has 1 aromatic carbocycles. The molecular weight excluding hydrogens is 290 g/mol. The van der Waals surface area contributed by atoms with Crippen molar-refractivity contribution in [2.75, 3.05) is 25.0 Å². The van der Waals surface area contributed by atoms with Crippen molar-refractivity contribution in [1.82, 2.24) is 4.90 Å². The zero-order valence-electron chi connectivity index (χ0n) is 12.0. The molecule has 0 saturated carbocycles. The van der Waals surface area contributed by atoms with Gasteiger partial charge in [-0.2, -0.15) is 0 Å². The lowest BCUT2D eigenvalue weighted by molar-refractivity contribution is 0.266. The minimum absolute atomic E-state index is 0.380. The maximum Gasteiger partial charge on any atom is 0.106 e. The summed E-state index contributed by atoms with van der Waals surface area (Å²) in [5.41, 5.74) is 7.56. The van der Waals surface area contributed by atoms with Crippen LogP contribution in [0.3, 0.4) is 0 Å². The van der Waals surface area contributed by atoms with Gasteiger partial charge in [0, 0.05) is 35.4 Å². The van der Waals surface area contributed by atoms with Gasteiger partial charge in [0.05, 0.1) is 0 Å². The summed E-state index contributed by atoms with van der Waals surface area (Å²) in [5, 5.41) is 4.13. The van der Waals surface area contributed by atoms with Crippen LogP contribution in [-0.4, -0.2) is 35.6 Å². The van der Waals surface area contributed by atoms with Crippen LogP contribution >= 0.6 is 23.8 Å². The Kier molecular flexibility index (Phi) is 5.24. The largest absolute Gasteiger partial charge is 0.389 e. The van der Waals surface area contributed by atoms with Crippen LogP contribution in [0, 0.1) is 5.92 Å². The Morgan fingerprint density at radius 2 is 2.30 bits per heavy atom. The topological polar surface area (TPSA) is 41.3 Å². The lowest BCUT2D eigenvalue weighted by Gasteiger charge is -2.20. The Bertz CT molecular complexity index is 490. The fraction of sp³-hybridized carbons (Fsp3) is 0.533. The van der Waals surface area contributed by atoms with E-state index in [-0.39, 0.29) is 0 Å². The second kappa shape index (κ2) is 6.74. The summed E-state index contributed by atoms with van der Waals surface area (Å²) >= 11 is 11.1. The average molecular weight is 312 g/mol. The number of nitrogens with zero attached hydrogens (tertiary/aromatic N) is 1. The Morgan fingerprint density at radius 3 is 2.90 bits per heavy atom. The maximum atomic E-state index is 5.99. The van der Waals surface area contributed by atoms with Crippen molar-refractivity contribution < 1.29 is 0 Å². The molecule has 0 spiro atoms. The van der Waals surface area contributed by atoms with Gasteiger partial charge in [0.1, 0.15) is 4.99 Å². The van der Waals surface area contributed by atoms with E-state index in [9.17, 15) is 0 Å². The summed E-state index contributed by atoms with van der Waals surface area (Å²) in [7, 11) is 0. The molecule has 20 heavy (non-hydrogen) atoms. The summed E-state index contributed by atoms with van der Waals surface area (Å²) in [6, 6.07) is 6.26. The third-order valence-electron chi connectivity index (χ3n) is 3.88. The molecule has 1 aliphatic heterocycles. The van der Waals surface area contributed by atoms with E-state index >= 15 is 0 Å². The summed E-state index contributed by atoms with van der Waals surface area (Å²) in [6.07, 6.45) is 1.24. The van der Waals surface area contributed by atoms with Crippen LogP contribution < -0.4 is 11.1 Å². The molecule has 5 heteroatoms. The molecule has 1 atom stereocenters. The molecule has 3 N–H and O–H groups in total. The van der Waals surface area contributed by atoms with Gasteiger partial charge in [-0.25, -0.2) is 0 Å². The second-order valence-electron chi connectivity index (χ2n) is 5.68. The van der Waals surface area contributed by atoms with Crippen molar-refractivity contribution in [3.05, 3.63) is 28.8 Å². The molecule has 0 aliphatic carbocycles. The van der Waals surface area contributed by atoms with Gasteiger partial charge < -0.3 is 16.0 Å². The van der Waals surface area contributed by atoms with Crippen LogP contribution in [0.2, 0.25) is 5.02 Å². The van der Waals surface area contributed by atoms with Crippen molar-refractivity contribution in [1.29, 1.82) is 0 Å². The van der Waals surface area contributed by atoms with Crippen molar-refractivity contribution in [3.8, 4) is 0 Å². The number of nitrogens with two attached hydrogens (primary N) is 1. The van der Waals surface area contributed by atoms with Gasteiger partial charge in [0.2, 0.25) is 0 Å². The minimum Gasteiger partial charge on any atom is -0.389 e. The summed E-state index contributed by atoms with van der Waals surface area (Å²) in [6.45, 7) is 7.79. The lowest BCUT2D eigenvalue weighted by Crippen LogP contribution is -2.29. The summed E-state index contributed by atoms with van der Waals surface area (Å²) in [4.78, 5) is 2.90. The molecule has 0 aromatic heterocycles. The Hall–Kier alpha value is -0.840. The highest BCUT2D eigenvalue weighted by Crippen LogP contribution is 2.23. The van der Waals surface area contributed by atoms with Gasteiger partial charge in [-0.3, -0.25) is 0 Å². The number of thiocarbonyl (C=S) groups is 1. The van der Waals surface area contributed by atoms with Crippen LogP contribution in [0.15, 0.2) is 18.2 Å². The molecular formula is C15H22ClN3S. The number of likely N-dealkylation sites (tertiary alicyclic amines) is 1. The SMILES string of the molecule is CC(C)N1CCC(CNc2ccc(Cl)cc2C(N)=S)C1. The van der Waals surface area contributed by atoms with Gasteiger partial charge in [-0.1, -0.05) is 23.8 Å². The highest BCUT2D eigenvalue weighted by atomic mass is 35.5. The van der Waals surface area contributed by atoms with Crippen LogP contribution in [-0.2, 0) is 0 Å². The molecule has 1 aromatic rings. The van der Waals surface area contributed by atoms with E-state index in [1.54, 1.807) is 0 Å².